The molecule has 0 aromatic carbocycles. The second-order valence-corrected chi connectivity index (χ2v) is 6.55. The largest absolute Gasteiger partial charge is 0.363 e. The highest BCUT2D eigenvalue weighted by atomic mass is 127. The van der Waals surface area contributed by atoms with Gasteiger partial charge in [0, 0.05) is 30.9 Å². The Morgan fingerprint density at radius 1 is 1.17 bits per heavy atom. The number of aromatic nitrogens is 1. The van der Waals surface area contributed by atoms with Crippen molar-refractivity contribution in [1.29, 1.82) is 0 Å². The van der Waals surface area contributed by atoms with E-state index in [4.69, 9.17) is 0 Å². The van der Waals surface area contributed by atoms with E-state index in [1.165, 1.54) is 9.75 Å². The van der Waals surface area contributed by atoms with Crippen molar-refractivity contribution in [2.24, 2.45) is 4.99 Å². The maximum absolute atomic E-state index is 4.58. The summed E-state index contributed by atoms with van der Waals surface area (Å²) in [4.78, 5) is 13.4. The number of thiophene rings is 1. The van der Waals surface area contributed by atoms with E-state index < -0.39 is 0 Å². The Labute approximate surface area is 159 Å². The summed E-state index contributed by atoms with van der Waals surface area (Å²) in [5.74, 6) is 1.74. The molecule has 0 amide bonds. The van der Waals surface area contributed by atoms with Crippen molar-refractivity contribution in [1.82, 2.24) is 15.6 Å². The first-order valence-electron chi connectivity index (χ1n) is 7.21. The Bertz CT molecular complexity index is 639. The van der Waals surface area contributed by atoms with Crippen LogP contribution in [0, 0.1) is 6.92 Å². The zero-order valence-corrected chi connectivity index (χ0v) is 17.1. The van der Waals surface area contributed by atoms with E-state index >= 15 is 0 Å². The van der Waals surface area contributed by atoms with Crippen molar-refractivity contribution in [3.05, 3.63) is 45.8 Å². The van der Waals surface area contributed by atoms with Crippen LogP contribution in [0.2, 0.25) is 0 Å². The molecule has 0 atom stereocenters. The van der Waals surface area contributed by atoms with Crippen molar-refractivity contribution < 1.29 is 0 Å². The van der Waals surface area contributed by atoms with E-state index in [2.05, 4.69) is 39.7 Å². The molecule has 0 saturated carbocycles. The molecule has 0 aliphatic carbocycles. The number of aryl methyl sites for hydroxylation is 1. The molecule has 0 aliphatic rings. The topological polar surface area (TPSA) is 52.6 Å². The number of pyridine rings is 1. The highest BCUT2D eigenvalue weighted by Crippen LogP contribution is 2.14. The minimum absolute atomic E-state index is 0. The Morgan fingerprint density at radius 2 is 1.91 bits per heavy atom. The average molecular weight is 445 g/mol. The zero-order valence-electron chi connectivity index (χ0n) is 14.0. The predicted octanol–water partition coefficient (Wildman–Crippen LogP) is 3.00. The normalized spacial score (nSPS) is 10.9. The maximum atomic E-state index is 4.58. The number of rotatable bonds is 5. The van der Waals surface area contributed by atoms with Gasteiger partial charge in [-0.1, -0.05) is 6.07 Å². The van der Waals surface area contributed by atoms with Crippen LogP contribution in [0.4, 0.5) is 5.82 Å². The lowest BCUT2D eigenvalue weighted by atomic mass is 10.3. The molecule has 2 rings (SSSR count). The highest BCUT2D eigenvalue weighted by Gasteiger charge is 2.03. The van der Waals surface area contributed by atoms with Crippen LogP contribution in [0.1, 0.15) is 15.4 Å². The van der Waals surface area contributed by atoms with Crippen LogP contribution >= 0.6 is 35.3 Å². The van der Waals surface area contributed by atoms with E-state index in [9.17, 15) is 0 Å². The molecule has 0 unspecified atom stereocenters. The molecule has 126 valence electrons. The fourth-order valence-corrected chi connectivity index (χ4v) is 2.79. The standard InChI is InChI=1S/C16H23N5S.HI/c1-12-8-9-14(22-12)11-19-16(17-2)18-10-13-6-5-7-15(20-13)21(3)4;/h5-9H,10-11H2,1-4H3,(H2,17,18,19);1H. The lowest BCUT2D eigenvalue weighted by Crippen LogP contribution is -2.36. The van der Waals surface area contributed by atoms with Gasteiger partial charge in [-0.15, -0.1) is 35.3 Å². The third kappa shape index (κ3) is 6.34. The minimum atomic E-state index is 0. The summed E-state index contributed by atoms with van der Waals surface area (Å²) >= 11 is 1.80. The molecule has 5 nitrogen and oxygen atoms in total. The molecule has 2 aromatic heterocycles. The highest BCUT2D eigenvalue weighted by molar-refractivity contribution is 14.0. The number of halogens is 1. The first-order chi connectivity index (χ1) is 10.6. The third-order valence-corrected chi connectivity index (χ3v) is 4.14. The van der Waals surface area contributed by atoms with Gasteiger partial charge in [0.2, 0.25) is 0 Å². The molecular formula is C16H24IN5S. The quantitative estimate of drug-likeness (QED) is 0.422. The van der Waals surface area contributed by atoms with Crippen LogP contribution in [0.15, 0.2) is 35.3 Å². The monoisotopic (exact) mass is 445 g/mol. The van der Waals surface area contributed by atoms with Crippen LogP contribution < -0.4 is 15.5 Å². The number of hydrogen-bond acceptors (Lipinski definition) is 4. The SMILES string of the molecule is CN=C(NCc1cccc(N(C)C)n1)NCc1ccc(C)s1.I. The van der Waals surface area contributed by atoms with Gasteiger partial charge in [0.25, 0.3) is 0 Å². The maximum Gasteiger partial charge on any atom is 0.191 e. The second kappa shape index (κ2) is 9.71. The minimum Gasteiger partial charge on any atom is -0.363 e. The van der Waals surface area contributed by atoms with Gasteiger partial charge in [-0.3, -0.25) is 4.99 Å². The molecule has 0 saturated heterocycles. The van der Waals surface area contributed by atoms with Crippen molar-refractivity contribution in [2.75, 3.05) is 26.0 Å². The molecule has 7 heteroatoms. The van der Waals surface area contributed by atoms with Crippen molar-refractivity contribution in [3.8, 4) is 0 Å². The zero-order chi connectivity index (χ0) is 15.9. The van der Waals surface area contributed by atoms with E-state index in [0.29, 0.717) is 6.54 Å². The summed E-state index contributed by atoms with van der Waals surface area (Å²) in [6, 6.07) is 10.3. The molecule has 0 aliphatic heterocycles. The summed E-state index contributed by atoms with van der Waals surface area (Å²) < 4.78 is 0. The molecule has 2 N–H and O–H groups in total. The van der Waals surface area contributed by atoms with E-state index in [1.807, 2.05) is 37.2 Å². The van der Waals surface area contributed by atoms with Crippen LogP contribution in [0.5, 0.6) is 0 Å². The van der Waals surface area contributed by atoms with Crippen molar-refractivity contribution >= 4 is 47.1 Å². The predicted molar refractivity (Wildman–Crippen MR) is 110 cm³/mol. The van der Waals surface area contributed by atoms with Crippen LogP contribution in [-0.2, 0) is 13.1 Å². The first-order valence-corrected chi connectivity index (χ1v) is 8.03. The molecular weight excluding hydrogens is 421 g/mol. The van der Waals surface area contributed by atoms with Gasteiger partial charge in [-0.25, -0.2) is 4.98 Å². The number of nitrogens with one attached hydrogen (secondary N) is 2. The lowest BCUT2D eigenvalue weighted by Gasteiger charge is -2.14. The van der Waals surface area contributed by atoms with Gasteiger partial charge < -0.3 is 15.5 Å². The number of anilines is 1. The van der Waals surface area contributed by atoms with Gasteiger partial charge in [0.05, 0.1) is 18.8 Å². The lowest BCUT2D eigenvalue weighted by molar-refractivity contribution is 0.797. The Kier molecular flexibility index (Phi) is 8.32. The fraction of sp³-hybridized carbons (Fsp3) is 0.375. The molecule has 2 heterocycles. The summed E-state index contributed by atoms with van der Waals surface area (Å²) in [5, 5.41) is 6.61. The Balaban J connectivity index is 0.00000264. The van der Waals surface area contributed by atoms with E-state index in [-0.39, 0.29) is 24.0 Å². The van der Waals surface area contributed by atoms with Gasteiger partial charge >= 0.3 is 0 Å². The number of hydrogen-bond donors (Lipinski definition) is 2. The average Bonchev–Trinajstić information content (AvgIpc) is 2.93. The summed E-state index contributed by atoms with van der Waals surface area (Å²) in [5.41, 5.74) is 0.987. The number of guanidine groups is 1. The molecule has 2 aromatic rings. The van der Waals surface area contributed by atoms with Crippen molar-refractivity contribution in [2.45, 2.75) is 20.0 Å². The fourth-order valence-electron chi connectivity index (χ4n) is 1.96. The number of aliphatic imine (C=N–C) groups is 1. The molecule has 0 spiro atoms. The Morgan fingerprint density at radius 3 is 2.52 bits per heavy atom. The summed E-state index contributed by atoms with van der Waals surface area (Å²) in [6.45, 7) is 3.54. The van der Waals surface area contributed by atoms with Crippen LogP contribution in [0.3, 0.4) is 0 Å². The summed E-state index contributed by atoms with van der Waals surface area (Å²) in [7, 11) is 5.75. The third-order valence-electron chi connectivity index (χ3n) is 3.14. The first kappa shape index (κ1) is 19.7. The van der Waals surface area contributed by atoms with E-state index in [1.54, 1.807) is 18.4 Å². The van der Waals surface area contributed by atoms with E-state index in [0.717, 1.165) is 24.0 Å². The molecule has 23 heavy (non-hydrogen) atoms. The smallest absolute Gasteiger partial charge is 0.191 e. The summed E-state index contributed by atoms with van der Waals surface area (Å²) in [6.07, 6.45) is 0. The molecule has 0 fully saturated rings. The number of nitrogens with zero attached hydrogens (tertiary/aromatic N) is 3. The van der Waals surface area contributed by atoms with Gasteiger partial charge in [-0.2, -0.15) is 0 Å². The van der Waals surface area contributed by atoms with Gasteiger partial charge in [0.15, 0.2) is 5.96 Å². The second-order valence-electron chi connectivity index (χ2n) is 5.17. The Hall–Kier alpha value is -1.35. The molecule has 0 radical (unpaired) electrons. The van der Waals surface area contributed by atoms with Crippen LogP contribution in [0.25, 0.3) is 0 Å². The van der Waals surface area contributed by atoms with Crippen molar-refractivity contribution in [3.63, 3.8) is 0 Å². The molecule has 0 bridgehead atoms. The van der Waals surface area contributed by atoms with Gasteiger partial charge in [0.1, 0.15) is 5.82 Å². The van der Waals surface area contributed by atoms with Gasteiger partial charge in [-0.05, 0) is 31.2 Å². The van der Waals surface area contributed by atoms with Crippen LogP contribution in [-0.4, -0.2) is 32.1 Å².